The predicted molar refractivity (Wildman–Crippen MR) is 156 cm³/mol. The number of hydrogen-bond donors (Lipinski definition) is 1. The van der Waals surface area contributed by atoms with Crippen molar-refractivity contribution < 1.29 is 18.4 Å². The van der Waals surface area contributed by atoms with Crippen LogP contribution in [-0.4, -0.2) is 58.4 Å². The summed E-state index contributed by atoms with van der Waals surface area (Å²) in [4.78, 5) is 29.6. The van der Waals surface area contributed by atoms with Crippen molar-refractivity contribution in [1.29, 1.82) is 5.26 Å². The Labute approximate surface area is 242 Å². The Balaban J connectivity index is 1.51. The highest BCUT2D eigenvalue weighted by atomic mass is 19.1. The van der Waals surface area contributed by atoms with Crippen molar-refractivity contribution in [2.75, 3.05) is 14.1 Å². The third kappa shape index (κ3) is 4.52. The topological polar surface area (TPSA) is 95.4 Å². The zero-order valence-corrected chi connectivity index (χ0v) is 23.7. The number of halogens is 2. The lowest BCUT2D eigenvalue weighted by Gasteiger charge is -2.24. The van der Waals surface area contributed by atoms with Crippen LogP contribution in [0.25, 0.3) is 33.2 Å². The lowest BCUT2D eigenvalue weighted by Crippen LogP contribution is -2.40. The van der Waals surface area contributed by atoms with E-state index in [4.69, 9.17) is 5.73 Å². The summed E-state index contributed by atoms with van der Waals surface area (Å²) >= 11 is 0. The Bertz CT molecular complexity index is 1800. The highest BCUT2D eigenvalue weighted by Crippen LogP contribution is 2.41. The van der Waals surface area contributed by atoms with E-state index in [1.165, 1.54) is 23.1 Å². The lowest BCUT2D eigenvalue weighted by molar-refractivity contribution is -0.127. The Kier molecular flexibility index (Phi) is 6.82. The Morgan fingerprint density at radius 1 is 1.02 bits per heavy atom. The molecule has 3 heterocycles. The van der Waals surface area contributed by atoms with Crippen molar-refractivity contribution in [3.63, 3.8) is 0 Å². The summed E-state index contributed by atoms with van der Waals surface area (Å²) in [6.07, 6.45) is 4.52. The van der Waals surface area contributed by atoms with Gasteiger partial charge in [0, 0.05) is 62.0 Å². The molecule has 3 aromatic carbocycles. The fourth-order valence-electron chi connectivity index (χ4n) is 6.58. The van der Waals surface area contributed by atoms with E-state index in [0.717, 1.165) is 30.2 Å². The van der Waals surface area contributed by atoms with Crippen molar-refractivity contribution in [2.45, 2.75) is 43.8 Å². The number of nitrogens with two attached hydrogens (primary N) is 1. The van der Waals surface area contributed by atoms with Gasteiger partial charge in [0.25, 0.3) is 5.91 Å². The second-order valence-corrected chi connectivity index (χ2v) is 11.6. The predicted octanol–water partition coefficient (Wildman–Crippen LogP) is 5.00. The average Bonchev–Trinajstić information content (AvgIpc) is 3.62. The first kappa shape index (κ1) is 27.6. The number of fused-ring (bicyclic) bond motifs is 3. The molecule has 2 aliphatic rings. The lowest BCUT2D eigenvalue weighted by atomic mass is 9.90. The molecule has 0 unspecified atom stereocenters. The molecule has 7 nitrogen and oxygen atoms in total. The zero-order valence-electron chi connectivity index (χ0n) is 23.7. The molecule has 2 fully saturated rings. The third-order valence-corrected chi connectivity index (χ3v) is 8.78. The number of carbonyl (C=O) groups excluding carboxylic acids is 2. The minimum atomic E-state index is -0.704. The summed E-state index contributed by atoms with van der Waals surface area (Å²) in [7, 11) is 5.17. The first-order valence-corrected chi connectivity index (χ1v) is 14.0. The molecule has 3 atom stereocenters. The Morgan fingerprint density at radius 3 is 2.45 bits per heavy atom. The van der Waals surface area contributed by atoms with Crippen LogP contribution in [0.5, 0.6) is 0 Å². The fraction of sp³-hybridized carbons (Fsp3) is 0.303. The molecule has 214 valence electrons. The number of carbonyl (C=O) groups is 2. The molecule has 2 amide bonds. The van der Waals surface area contributed by atoms with Crippen molar-refractivity contribution in [3.05, 3.63) is 83.1 Å². The number of aryl methyl sites for hydroxylation is 1. The zero-order chi connectivity index (χ0) is 29.9. The van der Waals surface area contributed by atoms with Crippen LogP contribution in [0.4, 0.5) is 8.78 Å². The van der Waals surface area contributed by atoms with Gasteiger partial charge in [0.2, 0.25) is 5.91 Å². The van der Waals surface area contributed by atoms with Gasteiger partial charge in [0.1, 0.15) is 17.7 Å². The summed E-state index contributed by atoms with van der Waals surface area (Å²) in [5.41, 5.74) is 9.56. The quantitative estimate of drug-likeness (QED) is 0.367. The van der Waals surface area contributed by atoms with Gasteiger partial charge < -0.3 is 20.1 Å². The number of rotatable bonds is 5. The van der Waals surface area contributed by atoms with E-state index in [-0.39, 0.29) is 47.5 Å². The molecule has 0 aliphatic carbocycles. The Morgan fingerprint density at radius 2 is 1.81 bits per heavy atom. The van der Waals surface area contributed by atoms with Gasteiger partial charge in [-0.2, -0.15) is 5.26 Å². The fourth-order valence-corrected chi connectivity index (χ4v) is 6.58. The number of nitriles is 1. The van der Waals surface area contributed by atoms with Gasteiger partial charge in [0.15, 0.2) is 0 Å². The molecule has 0 spiro atoms. The number of hydrogen-bond acceptors (Lipinski definition) is 4. The van der Waals surface area contributed by atoms with Gasteiger partial charge in [-0.25, -0.2) is 8.78 Å². The van der Waals surface area contributed by atoms with Gasteiger partial charge in [-0.3, -0.25) is 9.59 Å². The van der Waals surface area contributed by atoms with Crippen LogP contribution in [0, 0.1) is 23.0 Å². The molecule has 2 bridgehead atoms. The third-order valence-electron chi connectivity index (χ3n) is 8.78. The van der Waals surface area contributed by atoms with Crippen LogP contribution in [0.15, 0.2) is 54.7 Å². The molecule has 4 aromatic rings. The average molecular weight is 568 g/mol. The van der Waals surface area contributed by atoms with Gasteiger partial charge in [-0.15, -0.1) is 0 Å². The molecule has 2 N–H and O–H groups in total. The van der Waals surface area contributed by atoms with Gasteiger partial charge in [-0.05, 0) is 77.9 Å². The molecule has 1 aromatic heterocycles. The molecular formula is C33H31F2N5O2. The number of amides is 2. The van der Waals surface area contributed by atoms with E-state index >= 15 is 4.39 Å². The van der Waals surface area contributed by atoms with Gasteiger partial charge in [0.05, 0.1) is 17.5 Å². The molecule has 9 heteroatoms. The summed E-state index contributed by atoms with van der Waals surface area (Å²) in [6, 6.07) is 14.2. The van der Waals surface area contributed by atoms with Crippen LogP contribution in [-0.2, 0) is 18.3 Å². The number of nitrogens with zero attached hydrogens (tertiary/aromatic N) is 4. The first-order chi connectivity index (χ1) is 20.1. The van der Waals surface area contributed by atoms with Crippen molar-refractivity contribution in [1.82, 2.24) is 14.4 Å². The van der Waals surface area contributed by atoms with Crippen molar-refractivity contribution >= 4 is 22.7 Å². The van der Waals surface area contributed by atoms with Gasteiger partial charge in [-0.1, -0.05) is 12.1 Å². The van der Waals surface area contributed by atoms with E-state index in [1.807, 2.05) is 17.2 Å². The molecule has 0 radical (unpaired) electrons. The summed E-state index contributed by atoms with van der Waals surface area (Å²) in [5, 5.41) is 9.99. The number of benzene rings is 3. The van der Waals surface area contributed by atoms with Gasteiger partial charge >= 0.3 is 0 Å². The van der Waals surface area contributed by atoms with Crippen LogP contribution in [0.3, 0.4) is 0 Å². The molecule has 6 rings (SSSR count). The SMILES string of the molecule is CN(C)C(=O)Cc1cn(C)c2cc(F)c(-c3ccc(C(=O)N4[C@@H]5CC[C@H]4[C@@H](N)C5)cc3-c3ccc(C#N)c(F)c3)cc12. The van der Waals surface area contributed by atoms with E-state index in [1.54, 1.807) is 56.0 Å². The molecule has 2 saturated heterocycles. The summed E-state index contributed by atoms with van der Waals surface area (Å²) in [6.45, 7) is 0. The van der Waals surface area contributed by atoms with Crippen LogP contribution in [0.2, 0.25) is 0 Å². The normalized spacial score (nSPS) is 19.4. The van der Waals surface area contributed by atoms with Crippen LogP contribution in [0.1, 0.15) is 40.7 Å². The molecule has 2 aliphatic heterocycles. The second kappa shape index (κ2) is 10.4. The van der Waals surface area contributed by atoms with Crippen LogP contribution < -0.4 is 5.73 Å². The van der Waals surface area contributed by atoms with E-state index in [0.29, 0.717) is 27.8 Å². The van der Waals surface area contributed by atoms with Crippen LogP contribution >= 0.6 is 0 Å². The smallest absolute Gasteiger partial charge is 0.254 e. The first-order valence-electron chi connectivity index (χ1n) is 14.0. The molecular weight excluding hydrogens is 536 g/mol. The monoisotopic (exact) mass is 567 g/mol. The van der Waals surface area contributed by atoms with E-state index in [2.05, 4.69) is 0 Å². The second-order valence-electron chi connectivity index (χ2n) is 11.6. The van der Waals surface area contributed by atoms with E-state index in [9.17, 15) is 19.2 Å². The molecule has 42 heavy (non-hydrogen) atoms. The highest BCUT2D eigenvalue weighted by molar-refractivity contribution is 6.00. The summed E-state index contributed by atoms with van der Waals surface area (Å²) in [5.74, 6) is -1.43. The van der Waals surface area contributed by atoms with E-state index < -0.39 is 11.6 Å². The minimum Gasteiger partial charge on any atom is -0.350 e. The standard InChI is InChI=1S/C33H31F2N5O2/c1-38(2)32(41)12-21-17-39(3)31-15-28(35)26(14-25(21)31)23-8-6-19(33(42)40-22-7-9-30(40)29(37)13-22)10-24(23)18-4-5-20(16-36)27(34)11-18/h4-6,8,10-11,14-15,17,22,29-30H,7,9,12-13,37H2,1-3H3/t22-,29+,30+/m1/s1. The van der Waals surface area contributed by atoms with Crippen molar-refractivity contribution in [3.8, 4) is 28.3 Å². The highest BCUT2D eigenvalue weighted by Gasteiger charge is 2.47. The maximum absolute atomic E-state index is 15.8. The number of likely N-dealkylation sites (N-methyl/N-ethyl adjacent to an activating group) is 1. The van der Waals surface area contributed by atoms with Crippen molar-refractivity contribution in [2.24, 2.45) is 12.8 Å². The Hall–Kier alpha value is -4.55. The largest absolute Gasteiger partial charge is 0.350 e. The maximum atomic E-state index is 15.8. The number of aromatic nitrogens is 1. The minimum absolute atomic E-state index is 0.0146. The molecule has 0 saturated carbocycles. The summed E-state index contributed by atoms with van der Waals surface area (Å²) < 4.78 is 32.5. The maximum Gasteiger partial charge on any atom is 0.254 e.